The summed E-state index contributed by atoms with van der Waals surface area (Å²) in [5, 5.41) is 12.6. The first-order valence-corrected chi connectivity index (χ1v) is 5.58. The molecule has 3 N–H and O–H groups in total. The summed E-state index contributed by atoms with van der Waals surface area (Å²) in [5.74, 6) is 5.41. The predicted octanol–water partition coefficient (Wildman–Crippen LogP) is 3.34. The van der Waals surface area contributed by atoms with Gasteiger partial charge in [0.05, 0.1) is 22.5 Å². The number of hydrogen-bond donors (Lipinski definition) is 2. The van der Waals surface area contributed by atoms with Crippen molar-refractivity contribution in [3.63, 3.8) is 0 Å². The Balaban J connectivity index is 0.00000220. The summed E-state index contributed by atoms with van der Waals surface area (Å²) in [7, 11) is 0. The highest BCUT2D eigenvalue weighted by Gasteiger charge is 2.31. The first-order chi connectivity index (χ1) is 9.38. The fraction of sp³-hybridized carbons (Fsp3) is 0.167. The number of rotatable bonds is 2. The molecule has 0 radical (unpaired) electrons. The van der Waals surface area contributed by atoms with E-state index in [9.17, 15) is 13.2 Å². The van der Waals surface area contributed by atoms with Crippen LogP contribution in [0, 0.1) is 11.3 Å². The van der Waals surface area contributed by atoms with Gasteiger partial charge in [0.2, 0.25) is 0 Å². The zero-order valence-electron chi connectivity index (χ0n) is 9.74. The molecule has 0 unspecified atom stereocenters. The molecule has 0 aliphatic carbocycles. The first kappa shape index (κ1) is 16.8. The summed E-state index contributed by atoms with van der Waals surface area (Å²) in [4.78, 5) is 0. The maximum Gasteiger partial charge on any atom is 0.416 e. The van der Waals surface area contributed by atoms with Crippen LogP contribution in [0.4, 0.5) is 19.0 Å². The van der Waals surface area contributed by atoms with Gasteiger partial charge >= 0.3 is 6.18 Å². The fourth-order valence-electron chi connectivity index (χ4n) is 1.61. The molecule has 2 rings (SSSR count). The molecule has 0 bridgehead atoms. The lowest BCUT2D eigenvalue weighted by Crippen LogP contribution is -2.14. The second-order valence-corrected chi connectivity index (χ2v) is 4.15. The number of anilines is 1. The Bertz CT molecular complexity index is 687. The molecule has 21 heavy (non-hydrogen) atoms. The number of hydrazine groups is 1. The number of nitriles is 1. The number of halogens is 4. The smallest absolute Gasteiger partial charge is 0.307 e. The van der Waals surface area contributed by atoms with Crippen molar-refractivity contribution in [2.75, 3.05) is 5.43 Å². The topological polar surface area (TPSA) is 79.7 Å². The normalized spacial score (nSPS) is 10.7. The molecule has 0 aliphatic heterocycles. The van der Waals surface area contributed by atoms with Gasteiger partial charge in [-0.3, -0.25) is 0 Å². The molecule has 0 saturated carbocycles. The molecule has 0 aliphatic rings. The van der Waals surface area contributed by atoms with E-state index in [-0.39, 0.29) is 29.5 Å². The number of benzene rings is 1. The van der Waals surface area contributed by atoms with E-state index in [4.69, 9.17) is 22.7 Å². The van der Waals surface area contributed by atoms with Crippen LogP contribution in [0.2, 0.25) is 5.02 Å². The van der Waals surface area contributed by atoms with Crippen LogP contribution in [0.5, 0.6) is 0 Å². The van der Waals surface area contributed by atoms with Crippen molar-refractivity contribution in [1.29, 1.82) is 5.26 Å². The van der Waals surface area contributed by atoms with E-state index in [0.717, 1.165) is 22.9 Å². The molecular weight excluding hydrogens is 307 g/mol. The summed E-state index contributed by atoms with van der Waals surface area (Å²) < 4.78 is 38.8. The molecule has 112 valence electrons. The molecular formula is C12H11ClF3N5. The van der Waals surface area contributed by atoms with E-state index < -0.39 is 11.7 Å². The third kappa shape index (κ3) is 3.09. The molecule has 0 atom stereocenters. The number of nitrogens with two attached hydrogens (primary N) is 1. The van der Waals surface area contributed by atoms with Gasteiger partial charge in [-0.05, 0) is 18.2 Å². The molecule has 1 heterocycles. The van der Waals surface area contributed by atoms with Crippen LogP contribution in [-0.2, 0) is 6.18 Å². The fourth-order valence-corrected chi connectivity index (χ4v) is 1.87. The average Bonchev–Trinajstić information content (AvgIpc) is 2.80. The van der Waals surface area contributed by atoms with Crippen LogP contribution in [0.15, 0.2) is 24.4 Å². The molecule has 9 heteroatoms. The quantitative estimate of drug-likeness (QED) is 0.657. The van der Waals surface area contributed by atoms with Crippen molar-refractivity contribution < 1.29 is 13.2 Å². The van der Waals surface area contributed by atoms with Crippen molar-refractivity contribution in [3.05, 3.63) is 40.5 Å². The number of nitrogen functional groups attached to an aromatic ring is 1. The number of nitrogens with one attached hydrogen (secondary N) is 1. The van der Waals surface area contributed by atoms with E-state index in [2.05, 4.69) is 10.5 Å². The first-order valence-electron chi connectivity index (χ1n) is 5.20. The largest absolute Gasteiger partial charge is 0.416 e. The lowest BCUT2D eigenvalue weighted by molar-refractivity contribution is -0.137. The maximum absolute atomic E-state index is 12.5. The number of hydrogen-bond acceptors (Lipinski definition) is 4. The molecule has 5 nitrogen and oxygen atoms in total. The summed E-state index contributed by atoms with van der Waals surface area (Å²) in [6, 6.07) is 4.65. The molecule has 0 fully saturated rings. The lowest BCUT2D eigenvalue weighted by atomic mass is 10.2. The average molecular weight is 318 g/mol. The van der Waals surface area contributed by atoms with Gasteiger partial charge in [0, 0.05) is 0 Å². The standard InChI is InChI=1S/C11H7ClF3N5.CH4/c12-8-3-7(11(13,14)15)1-2-9(8)20-10(19-17)6(4-16)5-18-20;/h1-3,5,19H,17H2;1H4. The van der Waals surface area contributed by atoms with Crippen LogP contribution < -0.4 is 11.3 Å². The van der Waals surface area contributed by atoms with Crippen molar-refractivity contribution in [3.8, 4) is 11.8 Å². The minimum atomic E-state index is -4.49. The molecule has 2 aromatic rings. The minimum Gasteiger partial charge on any atom is -0.307 e. The summed E-state index contributed by atoms with van der Waals surface area (Å²) in [6.45, 7) is 0. The number of alkyl halides is 3. The van der Waals surface area contributed by atoms with Crippen molar-refractivity contribution in [2.24, 2.45) is 5.84 Å². The Kier molecular flexibility index (Phi) is 4.83. The number of aromatic nitrogens is 2. The predicted molar refractivity (Wildman–Crippen MR) is 72.8 cm³/mol. The Labute approximate surface area is 123 Å². The Morgan fingerprint density at radius 1 is 1.38 bits per heavy atom. The van der Waals surface area contributed by atoms with Crippen LogP contribution in [0.25, 0.3) is 5.69 Å². The van der Waals surface area contributed by atoms with Crippen LogP contribution >= 0.6 is 11.6 Å². The van der Waals surface area contributed by atoms with Crippen molar-refractivity contribution in [1.82, 2.24) is 9.78 Å². The summed E-state index contributed by atoms with van der Waals surface area (Å²) >= 11 is 5.84. The molecule has 0 amide bonds. The minimum absolute atomic E-state index is 0. The molecule has 0 spiro atoms. The van der Waals surface area contributed by atoms with E-state index in [1.54, 1.807) is 0 Å². The van der Waals surface area contributed by atoms with Gasteiger partial charge < -0.3 is 5.43 Å². The zero-order chi connectivity index (χ0) is 14.9. The second kappa shape index (κ2) is 6.03. The van der Waals surface area contributed by atoms with E-state index >= 15 is 0 Å². The van der Waals surface area contributed by atoms with E-state index in [1.807, 2.05) is 6.07 Å². The third-order valence-electron chi connectivity index (χ3n) is 2.53. The van der Waals surface area contributed by atoms with Crippen molar-refractivity contribution in [2.45, 2.75) is 13.6 Å². The molecule has 1 aromatic heterocycles. The van der Waals surface area contributed by atoms with Gasteiger partial charge in [0.25, 0.3) is 0 Å². The highest BCUT2D eigenvalue weighted by Crippen LogP contribution is 2.34. The maximum atomic E-state index is 12.5. The van der Waals surface area contributed by atoms with Gasteiger partial charge in [-0.15, -0.1) is 0 Å². The van der Waals surface area contributed by atoms with Crippen molar-refractivity contribution >= 4 is 17.4 Å². The number of nitrogens with zero attached hydrogens (tertiary/aromatic N) is 3. The highest BCUT2D eigenvalue weighted by molar-refractivity contribution is 6.32. The van der Waals surface area contributed by atoms with Gasteiger partial charge in [-0.2, -0.15) is 23.5 Å². The van der Waals surface area contributed by atoms with E-state index in [0.29, 0.717) is 0 Å². The van der Waals surface area contributed by atoms with Gasteiger partial charge in [-0.25, -0.2) is 10.5 Å². The van der Waals surface area contributed by atoms with Gasteiger partial charge in [0.15, 0.2) is 5.82 Å². The summed E-state index contributed by atoms with van der Waals surface area (Å²) in [5.41, 5.74) is 1.71. The lowest BCUT2D eigenvalue weighted by Gasteiger charge is -2.12. The Morgan fingerprint density at radius 3 is 2.52 bits per heavy atom. The molecule has 0 saturated heterocycles. The zero-order valence-corrected chi connectivity index (χ0v) is 10.5. The SMILES string of the molecule is C.N#Cc1cnn(-c2ccc(C(F)(F)F)cc2Cl)c1NN. The Morgan fingerprint density at radius 2 is 2.05 bits per heavy atom. The van der Waals surface area contributed by atoms with Crippen LogP contribution in [0.3, 0.4) is 0 Å². The molecule has 1 aromatic carbocycles. The van der Waals surface area contributed by atoms with Gasteiger partial charge in [-0.1, -0.05) is 19.0 Å². The van der Waals surface area contributed by atoms with Gasteiger partial charge in [0.1, 0.15) is 11.6 Å². The second-order valence-electron chi connectivity index (χ2n) is 3.74. The monoisotopic (exact) mass is 317 g/mol. The highest BCUT2D eigenvalue weighted by atomic mass is 35.5. The summed E-state index contributed by atoms with van der Waals surface area (Å²) in [6.07, 6.45) is -3.26. The third-order valence-corrected chi connectivity index (χ3v) is 2.83. The van der Waals surface area contributed by atoms with E-state index in [1.165, 1.54) is 6.20 Å². The Hall–Kier alpha value is -2.24. The van der Waals surface area contributed by atoms with Crippen LogP contribution in [0.1, 0.15) is 18.6 Å². The van der Waals surface area contributed by atoms with Crippen LogP contribution in [-0.4, -0.2) is 9.78 Å².